The van der Waals surface area contributed by atoms with E-state index in [4.69, 9.17) is 18.0 Å². The van der Waals surface area contributed by atoms with Gasteiger partial charge in [-0.05, 0) is 59.3 Å². The SMILES string of the molecule is Cc1ccc(C(N)=S)c(NCCCCN(C)C(C)C)n1. The van der Waals surface area contributed by atoms with Crippen molar-refractivity contribution in [2.45, 2.75) is 39.7 Å². The second kappa shape index (κ2) is 8.17. The number of aromatic nitrogens is 1. The summed E-state index contributed by atoms with van der Waals surface area (Å²) >= 11 is 5.05. The Morgan fingerprint density at radius 2 is 2.10 bits per heavy atom. The van der Waals surface area contributed by atoms with Crippen molar-refractivity contribution in [2.24, 2.45) is 5.73 Å². The van der Waals surface area contributed by atoms with Gasteiger partial charge < -0.3 is 16.0 Å². The van der Waals surface area contributed by atoms with E-state index in [9.17, 15) is 0 Å². The van der Waals surface area contributed by atoms with Gasteiger partial charge in [0.15, 0.2) is 0 Å². The van der Waals surface area contributed by atoms with E-state index in [2.05, 4.69) is 36.1 Å². The highest BCUT2D eigenvalue weighted by molar-refractivity contribution is 7.80. The molecule has 0 aliphatic carbocycles. The Hall–Kier alpha value is -1.20. The van der Waals surface area contributed by atoms with Crippen LogP contribution in [0.3, 0.4) is 0 Å². The number of nitrogens with two attached hydrogens (primary N) is 1. The van der Waals surface area contributed by atoms with Crippen molar-refractivity contribution in [2.75, 3.05) is 25.5 Å². The molecule has 1 aromatic heterocycles. The number of unbranched alkanes of at least 4 members (excludes halogenated alkanes) is 1. The summed E-state index contributed by atoms with van der Waals surface area (Å²) in [6.07, 6.45) is 2.26. The average Bonchev–Trinajstić information content (AvgIpc) is 2.37. The van der Waals surface area contributed by atoms with Crippen molar-refractivity contribution < 1.29 is 0 Å². The summed E-state index contributed by atoms with van der Waals surface area (Å²) in [6, 6.07) is 4.46. The molecule has 0 radical (unpaired) electrons. The standard InChI is InChI=1S/C15H26N4S/c1-11(2)19(4)10-6-5-9-17-15-13(14(16)20)8-7-12(3)18-15/h7-8,11H,5-6,9-10H2,1-4H3,(H2,16,20)(H,17,18). The topological polar surface area (TPSA) is 54.2 Å². The molecule has 4 nitrogen and oxygen atoms in total. The first-order chi connectivity index (χ1) is 9.41. The molecular formula is C15H26N4S. The molecule has 0 amide bonds. The van der Waals surface area contributed by atoms with E-state index in [1.165, 1.54) is 0 Å². The Balaban J connectivity index is 2.42. The Bertz CT molecular complexity index is 445. The molecular weight excluding hydrogens is 268 g/mol. The Morgan fingerprint density at radius 3 is 2.70 bits per heavy atom. The molecule has 3 N–H and O–H groups in total. The first kappa shape index (κ1) is 16.9. The number of aryl methyl sites for hydroxylation is 1. The van der Waals surface area contributed by atoms with Crippen LogP contribution in [0.1, 0.15) is 37.9 Å². The van der Waals surface area contributed by atoms with Crippen LogP contribution in [0.4, 0.5) is 5.82 Å². The first-order valence-corrected chi connectivity index (χ1v) is 7.54. The molecule has 0 aliphatic rings. The predicted molar refractivity (Wildman–Crippen MR) is 90.4 cm³/mol. The highest BCUT2D eigenvalue weighted by atomic mass is 32.1. The van der Waals surface area contributed by atoms with E-state index in [1.807, 2.05) is 19.1 Å². The van der Waals surface area contributed by atoms with Crippen molar-refractivity contribution in [1.82, 2.24) is 9.88 Å². The van der Waals surface area contributed by atoms with Gasteiger partial charge in [-0.25, -0.2) is 4.98 Å². The Labute approximate surface area is 127 Å². The number of nitrogens with zero attached hydrogens (tertiary/aromatic N) is 2. The molecule has 20 heavy (non-hydrogen) atoms. The quantitative estimate of drug-likeness (QED) is 0.570. The smallest absolute Gasteiger partial charge is 0.136 e. The lowest BCUT2D eigenvalue weighted by Gasteiger charge is -2.20. The third-order valence-electron chi connectivity index (χ3n) is 3.41. The van der Waals surface area contributed by atoms with E-state index in [1.54, 1.807) is 0 Å². The summed E-state index contributed by atoms with van der Waals surface area (Å²) in [5.41, 5.74) is 7.50. The fourth-order valence-electron chi connectivity index (χ4n) is 1.84. The second-order valence-electron chi connectivity index (χ2n) is 5.42. The zero-order valence-electron chi connectivity index (χ0n) is 12.9. The molecule has 0 atom stereocenters. The van der Waals surface area contributed by atoms with Crippen molar-refractivity contribution >= 4 is 23.0 Å². The molecule has 0 aromatic carbocycles. The first-order valence-electron chi connectivity index (χ1n) is 7.13. The van der Waals surface area contributed by atoms with Crippen LogP contribution in [0, 0.1) is 6.92 Å². The average molecular weight is 294 g/mol. The molecule has 0 spiro atoms. The lowest BCUT2D eigenvalue weighted by molar-refractivity contribution is 0.269. The molecule has 0 unspecified atom stereocenters. The van der Waals surface area contributed by atoms with Gasteiger partial charge in [0.1, 0.15) is 10.8 Å². The Morgan fingerprint density at radius 1 is 1.40 bits per heavy atom. The van der Waals surface area contributed by atoms with Crippen molar-refractivity contribution in [3.05, 3.63) is 23.4 Å². The summed E-state index contributed by atoms with van der Waals surface area (Å²) in [4.78, 5) is 7.21. The molecule has 5 heteroatoms. The van der Waals surface area contributed by atoms with E-state index in [0.29, 0.717) is 11.0 Å². The highest BCUT2D eigenvalue weighted by Gasteiger charge is 2.07. The van der Waals surface area contributed by atoms with Gasteiger partial charge in [0.2, 0.25) is 0 Å². The van der Waals surface area contributed by atoms with Crippen LogP contribution in [-0.2, 0) is 0 Å². The maximum atomic E-state index is 5.71. The van der Waals surface area contributed by atoms with Crippen LogP contribution < -0.4 is 11.1 Å². The summed E-state index contributed by atoms with van der Waals surface area (Å²) in [5, 5.41) is 3.34. The molecule has 112 valence electrons. The minimum Gasteiger partial charge on any atom is -0.389 e. The molecule has 1 rings (SSSR count). The van der Waals surface area contributed by atoms with Gasteiger partial charge in [0.25, 0.3) is 0 Å². The van der Waals surface area contributed by atoms with E-state index in [-0.39, 0.29) is 0 Å². The maximum absolute atomic E-state index is 5.71. The van der Waals surface area contributed by atoms with Gasteiger partial charge >= 0.3 is 0 Å². The molecule has 1 heterocycles. The van der Waals surface area contributed by atoms with Crippen LogP contribution >= 0.6 is 12.2 Å². The number of hydrogen-bond acceptors (Lipinski definition) is 4. The zero-order valence-corrected chi connectivity index (χ0v) is 13.8. The third-order valence-corrected chi connectivity index (χ3v) is 3.63. The molecule has 1 aromatic rings. The van der Waals surface area contributed by atoms with Gasteiger partial charge in [-0.3, -0.25) is 0 Å². The number of hydrogen-bond donors (Lipinski definition) is 2. The third kappa shape index (κ3) is 5.43. The number of nitrogens with one attached hydrogen (secondary N) is 1. The summed E-state index contributed by atoms with van der Waals surface area (Å²) < 4.78 is 0. The van der Waals surface area contributed by atoms with Crippen LogP contribution in [0.2, 0.25) is 0 Å². The van der Waals surface area contributed by atoms with Crippen LogP contribution in [0.25, 0.3) is 0 Å². The van der Waals surface area contributed by atoms with Crippen molar-refractivity contribution in [3.63, 3.8) is 0 Å². The number of pyridine rings is 1. The zero-order chi connectivity index (χ0) is 15.1. The van der Waals surface area contributed by atoms with E-state index in [0.717, 1.165) is 43.0 Å². The summed E-state index contributed by atoms with van der Waals surface area (Å²) in [7, 11) is 2.16. The molecule has 0 saturated carbocycles. The number of anilines is 1. The number of thiocarbonyl (C=S) groups is 1. The molecule has 0 bridgehead atoms. The summed E-state index contributed by atoms with van der Waals surface area (Å²) in [6.45, 7) is 8.39. The fourth-order valence-corrected chi connectivity index (χ4v) is 2.01. The fraction of sp³-hybridized carbons (Fsp3) is 0.600. The molecule has 0 saturated heterocycles. The maximum Gasteiger partial charge on any atom is 0.136 e. The van der Waals surface area contributed by atoms with Crippen LogP contribution in [0.15, 0.2) is 12.1 Å². The van der Waals surface area contributed by atoms with Crippen molar-refractivity contribution in [1.29, 1.82) is 0 Å². The minimum absolute atomic E-state index is 0.388. The lowest BCUT2D eigenvalue weighted by atomic mass is 10.2. The van der Waals surface area contributed by atoms with Gasteiger partial charge in [0.05, 0.1) is 5.56 Å². The van der Waals surface area contributed by atoms with Gasteiger partial charge in [-0.15, -0.1) is 0 Å². The molecule has 0 fully saturated rings. The summed E-state index contributed by atoms with van der Waals surface area (Å²) in [5.74, 6) is 0.801. The van der Waals surface area contributed by atoms with E-state index >= 15 is 0 Å². The van der Waals surface area contributed by atoms with Crippen molar-refractivity contribution in [3.8, 4) is 0 Å². The van der Waals surface area contributed by atoms with Gasteiger partial charge in [-0.2, -0.15) is 0 Å². The Kier molecular flexibility index (Phi) is 6.88. The van der Waals surface area contributed by atoms with E-state index < -0.39 is 0 Å². The van der Waals surface area contributed by atoms with Gasteiger partial charge in [0, 0.05) is 18.3 Å². The van der Waals surface area contributed by atoms with Crippen LogP contribution in [-0.4, -0.2) is 41.1 Å². The second-order valence-corrected chi connectivity index (χ2v) is 5.86. The van der Waals surface area contributed by atoms with Gasteiger partial charge in [-0.1, -0.05) is 12.2 Å². The lowest BCUT2D eigenvalue weighted by Crippen LogP contribution is -2.27. The van der Waals surface area contributed by atoms with Crippen LogP contribution in [0.5, 0.6) is 0 Å². The number of rotatable bonds is 8. The normalized spacial score (nSPS) is 11.1. The largest absolute Gasteiger partial charge is 0.389 e. The predicted octanol–water partition coefficient (Wildman–Crippen LogP) is 2.56. The molecule has 0 aliphatic heterocycles. The highest BCUT2D eigenvalue weighted by Crippen LogP contribution is 2.13. The minimum atomic E-state index is 0.388. The monoisotopic (exact) mass is 294 g/mol.